The molecular formula is C29H30FNO5. The number of halogens is 1. The van der Waals surface area contributed by atoms with Crippen molar-refractivity contribution in [2.75, 3.05) is 6.61 Å². The number of hydrogen-bond donors (Lipinski definition) is 2. The normalized spacial score (nSPS) is 20.4. The molecule has 1 aromatic heterocycles. The van der Waals surface area contributed by atoms with Crippen LogP contribution in [-0.2, 0) is 17.8 Å². The Morgan fingerprint density at radius 1 is 1.17 bits per heavy atom. The van der Waals surface area contributed by atoms with E-state index in [9.17, 15) is 19.4 Å². The quantitative estimate of drug-likeness (QED) is 0.428. The summed E-state index contributed by atoms with van der Waals surface area (Å²) < 4.78 is 26.3. The van der Waals surface area contributed by atoms with Gasteiger partial charge < -0.3 is 19.7 Å². The fourth-order valence-corrected chi connectivity index (χ4v) is 5.49. The summed E-state index contributed by atoms with van der Waals surface area (Å²) in [7, 11) is 0. The van der Waals surface area contributed by atoms with Gasteiger partial charge in [-0.1, -0.05) is 6.07 Å². The number of aromatic nitrogens is 1. The van der Waals surface area contributed by atoms with Crippen molar-refractivity contribution in [2.24, 2.45) is 11.8 Å². The lowest BCUT2D eigenvalue weighted by Crippen LogP contribution is -2.07. The third-order valence-electron chi connectivity index (χ3n) is 7.29. The van der Waals surface area contributed by atoms with Crippen molar-refractivity contribution in [1.29, 1.82) is 0 Å². The molecule has 0 amide bonds. The number of aryl methyl sites for hydroxylation is 2. The summed E-state index contributed by atoms with van der Waals surface area (Å²) in [6, 6.07) is 10.8. The molecule has 3 aromatic rings. The lowest BCUT2D eigenvalue weighted by molar-refractivity contribution is -0.139. The molecule has 0 saturated heterocycles. The Kier molecular flexibility index (Phi) is 6.43. The van der Waals surface area contributed by atoms with Crippen molar-refractivity contribution in [2.45, 2.75) is 52.2 Å². The Hall–Kier alpha value is -3.45. The van der Waals surface area contributed by atoms with Gasteiger partial charge in [0.05, 0.1) is 18.6 Å². The standard InChI is InChI=1S/C29H30FNO5/c1-15-8-21(35-7-6-17(3)32)9-16(2)26(15)18-4-5-24(30)20(10-18)14-36-25-12-19-11-22-27(23(19)13-31-25)28(22)29(33)34/h4-5,8-10,12-13,17,22,27-28,32H,6-7,11,14H2,1-3H3,(H,33,34). The van der Waals surface area contributed by atoms with E-state index in [2.05, 4.69) is 4.98 Å². The molecule has 6 nitrogen and oxygen atoms in total. The highest BCUT2D eigenvalue weighted by Gasteiger charge is 2.59. The van der Waals surface area contributed by atoms with Crippen LogP contribution in [0.4, 0.5) is 4.39 Å². The van der Waals surface area contributed by atoms with Crippen LogP contribution in [0, 0.1) is 31.5 Å². The molecule has 2 aliphatic carbocycles. The van der Waals surface area contributed by atoms with Gasteiger partial charge in [-0.25, -0.2) is 9.37 Å². The Labute approximate surface area is 209 Å². The highest BCUT2D eigenvalue weighted by Crippen LogP contribution is 2.61. The van der Waals surface area contributed by atoms with Crippen molar-refractivity contribution in [3.05, 3.63) is 76.2 Å². The predicted octanol–water partition coefficient (Wildman–Crippen LogP) is 5.20. The number of pyridine rings is 1. The number of hydrogen-bond acceptors (Lipinski definition) is 5. The molecule has 1 fully saturated rings. The Morgan fingerprint density at radius 2 is 1.92 bits per heavy atom. The molecule has 0 bridgehead atoms. The summed E-state index contributed by atoms with van der Waals surface area (Å²) in [4.78, 5) is 15.7. The zero-order valence-corrected chi connectivity index (χ0v) is 20.6. The van der Waals surface area contributed by atoms with E-state index >= 15 is 0 Å². The molecule has 36 heavy (non-hydrogen) atoms. The van der Waals surface area contributed by atoms with E-state index < -0.39 is 12.1 Å². The second-order valence-corrected chi connectivity index (χ2v) is 9.99. The highest BCUT2D eigenvalue weighted by molar-refractivity contribution is 5.77. The third kappa shape index (κ3) is 4.67. The zero-order chi connectivity index (χ0) is 25.6. The number of benzene rings is 2. The van der Waals surface area contributed by atoms with Gasteiger partial charge in [0, 0.05) is 30.2 Å². The maximum absolute atomic E-state index is 14.7. The number of carboxylic acids is 1. The Bertz CT molecular complexity index is 1300. The van der Waals surface area contributed by atoms with Crippen LogP contribution in [0.25, 0.3) is 11.1 Å². The molecule has 4 unspecified atom stereocenters. The number of rotatable bonds is 9. The first kappa shape index (κ1) is 24.3. The van der Waals surface area contributed by atoms with Gasteiger partial charge in [0.2, 0.25) is 5.88 Å². The summed E-state index contributed by atoms with van der Waals surface area (Å²) in [5.41, 5.74) is 6.43. The topological polar surface area (TPSA) is 88.9 Å². The van der Waals surface area contributed by atoms with Crippen LogP contribution in [0.1, 0.15) is 47.1 Å². The van der Waals surface area contributed by atoms with Crippen LogP contribution < -0.4 is 9.47 Å². The summed E-state index contributed by atoms with van der Waals surface area (Å²) in [6.07, 6.45) is 2.58. The molecule has 5 rings (SSSR count). The summed E-state index contributed by atoms with van der Waals surface area (Å²) in [5, 5.41) is 18.7. The van der Waals surface area contributed by atoms with E-state index in [0.29, 0.717) is 24.5 Å². The van der Waals surface area contributed by atoms with Crippen molar-refractivity contribution >= 4 is 5.97 Å². The molecule has 2 aliphatic rings. The van der Waals surface area contributed by atoms with Gasteiger partial charge in [-0.05, 0) is 90.8 Å². The lowest BCUT2D eigenvalue weighted by atomic mass is 9.94. The number of ether oxygens (including phenoxy) is 2. The Morgan fingerprint density at radius 3 is 2.61 bits per heavy atom. The molecule has 4 atom stereocenters. The first-order valence-electron chi connectivity index (χ1n) is 12.3. The monoisotopic (exact) mass is 491 g/mol. The number of fused-ring (bicyclic) bond motifs is 3. The fraction of sp³-hybridized carbons (Fsp3) is 0.379. The largest absolute Gasteiger partial charge is 0.493 e. The van der Waals surface area contributed by atoms with E-state index in [0.717, 1.165) is 45.6 Å². The lowest BCUT2D eigenvalue weighted by Gasteiger charge is -2.16. The number of aliphatic hydroxyl groups is 1. The number of carboxylic acid groups (broad SMARTS) is 1. The first-order chi connectivity index (χ1) is 17.2. The summed E-state index contributed by atoms with van der Waals surface area (Å²) >= 11 is 0. The van der Waals surface area contributed by atoms with E-state index in [1.807, 2.05) is 32.0 Å². The SMILES string of the molecule is Cc1cc(OCCC(C)O)cc(C)c1-c1ccc(F)c(COc2cc3c(cn2)C2C(C3)C2C(=O)O)c1. The maximum atomic E-state index is 14.7. The van der Waals surface area contributed by atoms with Crippen LogP contribution in [0.2, 0.25) is 0 Å². The van der Waals surface area contributed by atoms with E-state index in [4.69, 9.17) is 9.47 Å². The second kappa shape index (κ2) is 9.54. The van der Waals surface area contributed by atoms with Crippen LogP contribution in [-0.4, -0.2) is 33.9 Å². The molecule has 0 radical (unpaired) electrons. The number of aliphatic hydroxyl groups excluding tert-OH is 1. The van der Waals surface area contributed by atoms with Crippen molar-refractivity contribution in [1.82, 2.24) is 4.98 Å². The molecule has 0 spiro atoms. The first-order valence-corrected chi connectivity index (χ1v) is 12.3. The van der Waals surface area contributed by atoms with Gasteiger partial charge in [0.25, 0.3) is 0 Å². The predicted molar refractivity (Wildman–Crippen MR) is 133 cm³/mol. The maximum Gasteiger partial charge on any atom is 0.307 e. The van der Waals surface area contributed by atoms with Crippen LogP contribution in [0.3, 0.4) is 0 Å². The van der Waals surface area contributed by atoms with Gasteiger partial charge in [-0.15, -0.1) is 0 Å². The van der Waals surface area contributed by atoms with Crippen molar-refractivity contribution < 1.29 is 28.9 Å². The fourth-order valence-electron chi connectivity index (χ4n) is 5.49. The zero-order valence-electron chi connectivity index (χ0n) is 20.6. The molecule has 7 heteroatoms. The highest BCUT2D eigenvalue weighted by atomic mass is 19.1. The van der Waals surface area contributed by atoms with Gasteiger partial charge in [-0.2, -0.15) is 0 Å². The van der Waals surface area contributed by atoms with E-state index in [1.54, 1.807) is 25.3 Å². The third-order valence-corrected chi connectivity index (χ3v) is 7.29. The summed E-state index contributed by atoms with van der Waals surface area (Å²) in [6.45, 7) is 6.20. The van der Waals surface area contributed by atoms with Gasteiger partial charge in [0.15, 0.2) is 0 Å². The van der Waals surface area contributed by atoms with Crippen molar-refractivity contribution in [3.8, 4) is 22.8 Å². The number of carbonyl (C=O) groups is 1. The van der Waals surface area contributed by atoms with Crippen LogP contribution in [0.5, 0.6) is 11.6 Å². The van der Waals surface area contributed by atoms with Crippen LogP contribution >= 0.6 is 0 Å². The van der Waals surface area contributed by atoms with Gasteiger partial charge in [-0.3, -0.25) is 4.79 Å². The van der Waals surface area contributed by atoms with Crippen molar-refractivity contribution in [3.63, 3.8) is 0 Å². The minimum atomic E-state index is -0.740. The number of aliphatic carboxylic acids is 1. The Balaban J connectivity index is 1.29. The van der Waals surface area contributed by atoms with Crippen LogP contribution in [0.15, 0.2) is 42.6 Å². The second-order valence-electron chi connectivity index (χ2n) is 9.99. The minimum Gasteiger partial charge on any atom is -0.493 e. The molecule has 2 N–H and O–H groups in total. The molecule has 0 aliphatic heterocycles. The molecule has 188 valence electrons. The summed E-state index contributed by atoms with van der Waals surface area (Å²) in [5.74, 6) is 0.00143. The van der Waals surface area contributed by atoms with E-state index in [1.165, 1.54) is 6.07 Å². The van der Waals surface area contributed by atoms with E-state index in [-0.39, 0.29) is 30.2 Å². The molecule has 1 heterocycles. The minimum absolute atomic E-state index is 0.0364. The smallest absolute Gasteiger partial charge is 0.307 e. The average Bonchev–Trinajstić information content (AvgIpc) is 3.41. The molecule has 2 aromatic carbocycles. The molecule has 1 saturated carbocycles. The average molecular weight is 492 g/mol. The number of nitrogens with zero attached hydrogens (tertiary/aromatic N) is 1. The van der Waals surface area contributed by atoms with Gasteiger partial charge >= 0.3 is 5.97 Å². The molecular weight excluding hydrogens is 461 g/mol. The van der Waals surface area contributed by atoms with Gasteiger partial charge in [0.1, 0.15) is 18.2 Å².